The second-order valence-corrected chi connectivity index (χ2v) is 9.92. The number of carbonyl (C=O) groups excluding carboxylic acids is 1. The first-order chi connectivity index (χ1) is 16.3. The molecule has 1 heterocycles. The summed E-state index contributed by atoms with van der Waals surface area (Å²) in [6.07, 6.45) is 3.89. The van der Waals surface area contributed by atoms with Crippen LogP contribution in [0.2, 0.25) is 0 Å². The topological polar surface area (TPSA) is 69.3 Å². The van der Waals surface area contributed by atoms with Crippen LogP contribution < -0.4 is 20.9 Å². The Morgan fingerprint density at radius 3 is 2.41 bits per heavy atom. The molecule has 0 radical (unpaired) electrons. The Hall–Kier alpha value is -3.28. The number of rotatable bonds is 6. The van der Waals surface area contributed by atoms with Crippen molar-refractivity contribution in [1.82, 2.24) is 10.3 Å². The number of hydrogen-bond acceptors (Lipinski definition) is 4. The normalized spacial score (nSPS) is 18.1. The number of amides is 2. The van der Waals surface area contributed by atoms with Crippen molar-refractivity contribution in [2.75, 3.05) is 29.6 Å². The molecule has 6 nitrogen and oxygen atoms in total. The van der Waals surface area contributed by atoms with Gasteiger partial charge in [-0.2, -0.15) is 0 Å². The third-order valence-corrected chi connectivity index (χ3v) is 6.76. The molecule has 1 aliphatic rings. The van der Waals surface area contributed by atoms with Crippen molar-refractivity contribution in [3.8, 4) is 0 Å². The van der Waals surface area contributed by atoms with Crippen LogP contribution >= 0.6 is 0 Å². The third-order valence-electron chi connectivity index (χ3n) is 6.76. The smallest absolute Gasteiger partial charge is 0.319 e. The second-order valence-electron chi connectivity index (χ2n) is 9.92. The van der Waals surface area contributed by atoms with E-state index in [-0.39, 0.29) is 12.1 Å². The molecule has 0 atom stereocenters. The Labute approximate surface area is 203 Å². The van der Waals surface area contributed by atoms with Crippen LogP contribution in [0.3, 0.4) is 0 Å². The largest absolute Gasteiger partial charge is 0.377 e. The molecule has 0 saturated heterocycles. The Morgan fingerprint density at radius 2 is 1.71 bits per heavy atom. The zero-order chi connectivity index (χ0) is 24.2. The first-order valence-electron chi connectivity index (χ1n) is 12.3. The highest BCUT2D eigenvalue weighted by molar-refractivity contribution is 5.93. The van der Waals surface area contributed by atoms with Crippen molar-refractivity contribution in [2.24, 2.45) is 0 Å². The monoisotopic (exact) mass is 459 g/mol. The number of anilines is 3. The van der Waals surface area contributed by atoms with Gasteiger partial charge in [-0.3, -0.25) is 0 Å². The fraction of sp³-hybridized carbons (Fsp3) is 0.429. The van der Waals surface area contributed by atoms with Crippen molar-refractivity contribution in [3.05, 3.63) is 59.7 Å². The first kappa shape index (κ1) is 23.9. The predicted octanol–water partition coefficient (Wildman–Crippen LogP) is 6.28. The lowest BCUT2D eigenvalue weighted by Gasteiger charge is -2.30. The van der Waals surface area contributed by atoms with Gasteiger partial charge in [0, 0.05) is 49.0 Å². The molecule has 3 N–H and O–H groups in total. The van der Waals surface area contributed by atoms with Crippen molar-refractivity contribution >= 4 is 34.1 Å². The molecular formula is C28H37N5O. The molecule has 34 heavy (non-hydrogen) atoms. The van der Waals surface area contributed by atoms with E-state index < -0.39 is 0 Å². The number of carbonyl (C=O) groups is 1. The SMILES string of the molecule is Cc1cccc(C(C)C)c1NC(=O)NC1CCC(Nc2cc(N(C)C)c3ccccc3n2)CC1. The standard InChI is InChI=1S/C28H37N5O/c1-18(2)22-11-8-9-19(3)27(22)32-28(34)30-21-15-13-20(14-16-21)29-26-17-25(33(4)5)23-10-6-7-12-24(23)31-26/h6-12,17-18,20-21H,13-16H2,1-5H3,(H,29,31)(H2,30,32,34). The summed E-state index contributed by atoms with van der Waals surface area (Å²) in [7, 11) is 4.13. The number of pyridine rings is 1. The Balaban J connectivity index is 1.34. The van der Waals surface area contributed by atoms with E-state index in [4.69, 9.17) is 4.98 Å². The van der Waals surface area contributed by atoms with E-state index in [2.05, 4.69) is 79.1 Å². The zero-order valence-corrected chi connectivity index (χ0v) is 21.0. The van der Waals surface area contributed by atoms with E-state index in [0.717, 1.165) is 59.3 Å². The summed E-state index contributed by atoms with van der Waals surface area (Å²) in [6.45, 7) is 6.34. The van der Waals surface area contributed by atoms with Crippen LogP contribution in [0, 0.1) is 6.92 Å². The summed E-state index contributed by atoms with van der Waals surface area (Å²) in [5, 5.41) is 11.1. The van der Waals surface area contributed by atoms with Crippen molar-refractivity contribution in [2.45, 2.75) is 64.5 Å². The number of nitrogens with zero attached hydrogens (tertiary/aromatic N) is 2. The lowest BCUT2D eigenvalue weighted by molar-refractivity contribution is 0.243. The average molecular weight is 460 g/mol. The van der Waals surface area contributed by atoms with Gasteiger partial charge in [-0.1, -0.05) is 50.2 Å². The number of nitrogens with one attached hydrogen (secondary N) is 3. The molecule has 1 saturated carbocycles. The second kappa shape index (κ2) is 10.3. The molecule has 6 heteroatoms. The molecule has 0 bridgehead atoms. The van der Waals surface area contributed by atoms with Gasteiger partial charge < -0.3 is 20.9 Å². The number of aryl methyl sites for hydroxylation is 1. The van der Waals surface area contributed by atoms with Crippen LogP contribution in [0.15, 0.2) is 48.5 Å². The quantitative estimate of drug-likeness (QED) is 0.406. The van der Waals surface area contributed by atoms with Crippen LogP contribution in [-0.2, 0) is 0 Å². The highest BCUT2D eigenvalue weighted by Gasteiger charge is 2.23. The van der Waals surface area contributed by atoms with Gasteiger partial charge >= 0.3 is 6.03 Å². The number of fused-ring (bicyclic) bond motifs is 1. The zero-order valence-electron chi connectivity index (χ0n) is 21.0. The fourth-order valence-corrected chi connectivity index (χ4v) is 4.87. The molecule has 3 aromatic rings. The minimum Gasteiger partial charge on any atom is -0.377 e. The molecule has 1 aromatic heterocycles. The lowest BCUT2D eigenvalue weighted by atomic mass is 9.91. The van der Waals surface area contributed by atoms with Crippen LogP contribution in [0.25, 0.3) is 10.9 Å². The Bertz CT molecular complexity index is 1150. The summed E-state index contributed by atoms with van der Waals surface area (Å²) < 4.78 is 0. The van der Waals surface area contributed by atoms with Crippen LogP contribution in [0.4, 0.5) is 22.0 Å². The van der Waals surface area contributed by atoms with Crippen LogP contribution in [0.1, 0.15) is 56.6 Å². The molecule has 4 rings (SSSR count). The summed E-state index contributed by atoms with van der Waals surface area (Å²) in [5.41, 5.74) is 5.36. The Morgan fingerprint density at radius 1 is 1.00 bits per heavy atom. The third kappa shape index (κ3) is 5.44. The fourth-order valence-electron chi connectivity index (χ4n) is 4.87. The summed E-state index contributed by atoms with van der Waals surface area (Å²) in [6, 6.07) is 17.0. The number of aromatic nitrogens is 1. The van der Waals surface area contributed by atoms with Gasteiger partial charge in [0.25, 0.3) is 0 Å². The maximum atomic E-state index is 12.8. The molecule has 0 unspecified atom stereocenters. The molecule has 0 aliphatic heterocycles. The highest BCUT2D eigenvalue weighted by atomic mass is 16.2. The van der Waals surface area contributed by atoms with Gasteiger partial charge in [0.1, 0.15) is 5.82 Å². The van der Waals surface area contributed by atoms with Gasteiger partial charge in [-0.25, -0.2) is 9.78 Å². The minimum absolute atomic E-state index is 0.112. The first-order valence-corrected chi connectivity index (χ1v) is 12.3. The minimum atomic E-state index is -0.112. The molecular weight excluding hydrogens is 422 g/mol. The van der Waals surface area contributed by atoms with Crippen LogP contribution in [0.5, 0.6) is 0 Å². The predicted molar refractivity (Wildman–Crippen MR) is 143 cm³/mol. The van der Waals surface area contributed by atoms with Gasteiger partial charge in [-0.15, -0.1) is 0 Å². The van der Waals surface area contributed by atoms with Crippen molar-refractivity contribution in [3.63, 3.8) is 0 Å². The molecule has 1 aliphatic carbocycles. The van der Waals surface area contributed by atoms with Crippen molar-refractivity contribution in [1.29, 1.82) is 0 Å². The number of hydrogen-bond donors (Lipinski definition) is 3. The van der Waals surface area contributed by atoms with E-state index in [1.165, 1.54) is 5.56 Å². The molecule has 0 spiro atoms. The van der Waals surface area contributed by atoms with E-state index in [1.807, 2.05) is 25.1 Å². The summed E-state index contributed by atoms with van der Waals surface area (Å²) in [5.74, 6) is 1.27. The molecule has 2 aromatic carbocycles. The number of para-hydroxylation sites is 2. The van der Waals surface area contributed by atoms with E-state index in [1.54, 1.807) is 0 Å². The van der Waals surface area contributed by atoms with Gasteiger partial charge in [0.05, 0.1) is 5.52 Å². The summed E-state index contributed by atoms with van der Waals surface area (Å²) >= 11 is 0. The van der Waals surface area contributed by atoms with Crippen LogP contribution in [-0.4, -0.2) is 37.2 Å². The lowest BCUT2D eigenvalue weighted by Crippen LogP contribution is -2.42. The van der Waals surface area contributed by atoms with Gasteiger partial charge in [-0.05, 0) is 55.7 Å². The van der Waals surface area contributed by atoms with E-state index in [0.29, 0.717) is 12.0 Å². The highest BCUT2D eigenvalue weighted by Crippen LogP contribution is 2.30. The average Bonchev–Trinajstić information content (AvgIpc) is 2.81. The molecule has 1 fully saturated rings. The van der Waals surface area contributed by atoms with Gasteiger partial charge in [0.2, 0.25) is 0 Å². The Kier molecular flexibility index (Phi) is 7.25. The number of benzene rings is 2. The maximum absolute atomic E-state index is 12.8. The van der Waals surface area contributed by atoms with E-state index >= 15 is 0 Å². The summed E-state index contributed by atoms with van der Waals surface area (Å²) in [4.78, 5) is 19.7. The number of urea groups is 1. The van der Waals surface area contributed by atoms with Crippen molar-refractivity contribution < 1.29 is 4.79 Å². The molecule has 2 amide bonds. The van der Waals surface area contributed by atoms with E-state index in [9.17, 15) is 4.79 Å². The molecule has 180 valence electrons. The van der Waals surface area contributed by atoms with Gasteiger partial charge in [0.15, 0.2) is 0 Å². The maximum Gasteiger partial charge on any atom is 0.319 e.